The monoisotopic (exact) mass is 392 g/mol. The van der Waals surface area contributed by atoms with Crippen molar-refractivity contribution in [1.82, 2.24) is 15.5 Å². The van der Waals surface area contributed by atoms with E-state index in [1.54, 1.807) is 6.92 Å². The molecule has 1 aliphatic rings. The highest BCUT2D eigenvalue weighted by molar-refractivity contribution is 5.79. The Morgan fingerprint density at radius 1 is 1.39 bits per heavy atom. The molecule has 2 unspecified atom stereocenters. The molecule has 1 aromatic rings. The second-order valence-corrected chi connectivity index (χ2v) is 8.84. The summed E-state index contributed by atoms with van der Waals surface area (Å²) in [5.74, 6) is 3.67. The van der Waals surface area contributed by atoms with E-state index in [0.717, 1.165) is 42.7 Å². The second-order valence-electron chi connectivity index (χ2n) is 8.84. The highest BCUT2D eigenvalue weighted by Crippen LogP contribution is 2.27. The summed E-state index contributed by atoms with van der Waals surface area (Å²) in [5, 5.41) is 17.7. The first-order valence-corrected chi connectivity index (χ1v) is 10.8. The van der Waals surface area contributed by atoms with Crippen LogP contribution in [0, 0.1) is 25.7 Å². The lowest BCUT2D eigenvalue weighted by atomic mass is 9.96. The van der Waals surface area contributed by atoms with Gasteiger partial charge < -0.3 is 25.1 Å². The van der Waals surface area contributed by atoms with Crippen LogP contribution in [0.25, 0.3) is 0 Å². The number of nitrogens with one attached hydrogen (secondary N) is 2. The SMILES string of the molecule is CCNC(=NCC(C)(O)c1cc(C)oc1C)NCC1CCCN(CC(C)C)C1. The number of furan rings is 1. The number of aliphatic imine (C=N–C) groups is 1. The summed E-state index contributed by atoms with van der Waals surface area (Å²) in [5.41, 5.74) is -0.246. The van der Waals surface area contributed by atoms with Gasteiger partial charge in [-0.05, 0) is 65.0 Å². The van der Waals surface area contributed by atoms with Crippen molar-refractivity contribution in [3.63, 3.8) is 0 Å². The molecular formula is C22H40N4O2. The fourth-order valence-corrected chi connectivity index (χ4v) is 4.07. The zero-order valence-electron chi connectivity index (χ0n) is 18.6. The summed E-state index contributed by atoms with van der Waals surface area (Å²) in [6.45, 7) is 17.7. The number of likely N-dealkylation sites (tertiary alicyclic amines) is 1. The van der Waals surface area contributed by atoms with Gasteiger partial charge in [0, 0.05) is 31.7 Å². The van der Waals surface area contributed by atoms with Gasteiger partial charge in [-0.25, -0.2) is 4.99 Å². The van der Waals surface area contributed by atoms with E-state index in [9.17, 15) is 5.11 Å². The van der Waals surface area contributed by atoms with Crippen LogP contribution in [0.15, 0.2) is 15.5 Å². The number of nitrogens with zero attached hydrogens (tertiary/aromatic N) is 2. The van der Waals surface area contributed by atoms with Crippen molar-refractivity contribution in [2.75, 3.05) is 39.3 Å². The summed E-state index contributed by atoms with van der Waals surface area (Å²) >= 11 is 0. The zero-order valence-corrected chi connectivity index (χ0v) is 18.6. The van der Waals surface area contributed by atoms with Crippen LogP contribution in [0.2, 0.25) is 0 Å². The molecule has 0 aromatic carbocycles. The maximum atomic E-state index is 10.9. The number of piperidine rings is 1. The summed E-state index contributed by atoms with van der Waals surface area (Å²) in [7, 11) is 0. The molecule has 0 saturated carbocycles. The maximum Gasteiger partial charge on any atom is 0.191 e. The van der Waals surface area contributed by atoms with Gasteiger partial charge in [0.2, 0.25) is 0 Å². The largest absolute Gasteiger partial charge is 0.466 e. The minimum absolute atomic E-state index is 0.284. The lowest BCUT2D eigenvalue weighted by Gasteiger charge is -2.34. The van der Waals surface area contributed by atoms with Gasteiger partial charge in [-0.1, -0.05) is 13.8 Å². The number of hydrogen-bond donors (Lipinski definition) is 3. The van der Waals surface area contributed by atoms with Gasteiger partial charge in [0.25, 0.3) is 0 Å². The minimum Gasteiger partial charge on any atom is -0.466 e. The van der Waals surface area contributed by atoms with Crippen molar-refractivity contribution in [2.45, 2.75) is 60.0 Å². The van der Waals surface area contributed by atoms with Crippen molar-refractivity contribution >= 4 is 5.96 Å². The molecule has 2 rings (SSSR count). The third-order valence-corrected chi connectivity index (χ3v) is 5.30. The van der Waals surface area contributed by atoms with Gasteiger partial charge in [0.05, 0.1) is 6.54 Å². The third-order valence-electron chi connectivity index (χ3n) is 5.30. The summed E-state index contributed by atoms with van der Waals surface area (Å²) in [4.78, 5) is 7.24. The molecule has 3 N–H and O–H groups in total. The predicted molar refractivity (Wildman–Crippen MR) is 116 cm³/mol. The molecule has 1 aromatic heterocycles. The van der Waals surface area contributed by atoms with Crippen LogP contribution in [-0.4, -0.2) is 55.2 Å². The van der Waals surface area contributed by atoms with E-state index in [2.05, 4.69) is 41.3 Å². The van der Waals surface area contributed by atoms with E-state index in [0.29, 0.717) is 11.8 Å². The lowest BCUT2D eigenvalue weighted by Crippen LogP contribution is -2.45. The smallest absolute Gasteiger partial charge is 0.191 e. The Morgan fingerprint density at radius 3 is 2.75 bits per heavy atom. The van der Waals surface area contributed by atoms with Gasteiger partial charge in [0.15, 0.2) is 5.96 Å². The van der Waals surface area contributed by atoms with Crippen LogP contribution in [0.3, 0.4) is 0 Å². The molecule has 1 fully saturated rings. The Labute approximate surface area is 170 Å². The minimum atomic E-state index is -1.05. The van der Waals surface area contributed by atoms with Crippen molar-refractivity contribution in [3.8, 4) is 0 Å². The van der Waals surface area contributed by atoms with Crippen molar-refractivity contribution in [2.24, 2.45) is 16.8 Å². The van der Waals surface area contributed by atoms with Gasteiger partial charge in [-0.3, -0.25) is 0 Å². The van der Waals surface area contributed by atoms with Crippen LogP contribution in [0.4, 0.5) is 0 Å². The van der Waals surface area contributed by atoms with E-state index >= 15 is 0 Å². The number of aliphatic hydroxyl groups is 1. The van der Waals surface area contributed by atoms with Gasteiger partial charge in [-0.15, -0.1) is 0 Å². The average molecular weight is 393 g/mol. The molecule has 0 aliphatic carbocycles. The van der Waals surface area contributed by atoms with Crippen LogP contribution in [0.5, 0.6) is 0 Å². The Bertz CT molecular complexity index is 636. The molecule has 0 bridgehead atoms. The Balaban J connectivity index is 1.94. The van der Waals surface area contributed by atoms with E-state index in [4.69, 9.17) is 4.42 Å². The van der Waals surface area contributed by atoms with E-state index in [1.165, 1.54) is 25.9 Å². The topological polar surface area (TPSA) is 73.0 Å². The number of rotatable bonds is 8. The molecule has 0 amide bonds. The first-order valence-electron chi connectivity index (χ1n) is 10.8. The molecule has 6 heteroatoms. The van der Waals surface area contributed by atoms with Gasteiger partial charge in [0.1, 0.15) is 17.1 Å². The molecule has 6 nitrogen and oxygen atoms in total. The van der Waals surface area contributed by atoms with Gasteiger partial charge in [-0.2, -0.15) is 0 Å². The normalized spacial score (nSPS) is 21.0. The molecule has 0 spiro atoms. The molecule has 1 saturated heterocycles. The van der Waals surface area contributed by atoms with Crippen LogP contribution in [-0.2, 0) is 5.60 Å². The molecule has 160 valence electrons. The molecule has 2 heterocycles. The summed E-state index contributed by atoms with van der Waals surface area (Å²) < 4.78 is 5.58. The Morgan fingerprint density at radius 2 is 2.14 bits per heavy atom. The molecule has 2 atom stereocenters. The quantitative estimate of drug-likeness (QED) is 0.468. The first kappa shape index (κ1) is 22.8. The molecule has 0 radical (unpaired) electrons. The third kappa shape index (κ3) is 6.82. The van der Waals surface area contributed by atoms with Crippen LogP contribution >= 0.6 is 0 Å². The maximum absolute atomic E-state index is 10.9. The highest BCUT2D eigenvalue weighted by Gasteiger charge is 2.28. The van der Waals surface area contributed by atoms with Crippen LogP contribution in [0.1, 0.15) is 57.6 Å². The fraction of sp³-hybridized carbons (Fsp3) is 0.773. The summed E-state index contributed by atoms with van der Waals surface area (Å²) in [6.07, 6.45) is 2.52. The lowest BCUT2D eigenvalue weighted by molar-refractivity contribution is 0.0656. The Kier molecular flexibility index (Phi) is 8.38. The van der Waals surface area contributed by atoms with Crippen LogP contribution < -0.4 is 10.6 Å². The Hall–Kier alpha value is -1.53. The predicted octanol–water partition coefficient (Wildman–Crippen LogP) is 3.03. The summed E-state index contributed by atoms with van der Waals surface area (Å²) in [6, 6.07) is 1.90. The van der Waals surface area contributed by atoms with Crippen molar-refractivity contribution in [3.05, 3.63) is 23.2 Å². The zero-order chi connectivity index (χ0) is 20.7. The highest BCUT2D eigenvalue weighted by atomic mass is 16.3. The first-order chi connectivity index (χ1) is 13.2. The standard InChI is InChI=1S/C22H40N4O2/c1-7-23-21(24-12-19-9-8-10-26(14-19)13-16(2)3)25-15-22(6,27)20-11-17(4)28-18(20)5/h11,16,19,27H,7-10,12-15H2,1-6H3,(H2,23,24,25). The molecule has 28 heavy (non-hydrogen) atoms. The van der Waals surface area contributed by atoms with E-state index < -0.39 is 5.60 Å². The molecule has 1 aliphatic heterocycles. The number of guanidine groups is 1. The molecular weight excluding hydrogens is 352 g/mol. The van der Waals surface area contributed by atoms with Gasteiger partial charge >= 0.3 is 0 Å². The van der Waals surface area contributed by atoms with Crippen molar-refractivity contribution in [1.29, 1.82) is 0 Å². The van der Waals surface area contributed by atoms with E-state index in [-0.39, 0.29) is 6.54 Å². The van der Waals surface area contributed by atoms with Crippen molar-refractivity contribution < 1.29 is 9.52 Å². The number of aryl methyl sites for hydroxylation is 2. The average Bonchev–Trinajstić information content (AvgIpc) is 2.96. The fourth-order valence-electron chi connectivity index (χ4n) is 4.07. The second kappa shape index (κ2) is 10.3. The number of hydrogen-bond acceptors (Lipinski definition) is 4. The van der Waals surface area contributed by atoms with E-state index in [1.807, 2.05) is 19.9 Å².